The second kappa shape index (κ2) is 46.9. The van der Waals surface area contributed by atoms with Crippen molar-refractivity contribution in [1.29, 1.82) is 0 Å². The van der Waals surface area contributed by atoms with E-state index >= 15 is 0 Å². The summed E-state index contributed by atoms with van der Waals surface area (Å²) in [6, 6.07) is 0. The van der Waals surface area contributed by atoms with Gasteiger partial charge in [-0.15, -0.1) is 0 Å². The fraction of sp³-hybridized carbons (Fsp3) is 0.804. The quantitative estimate of drug-likeness (QED) is 0.0233. The maximum absolute atomic E-state index is 12.4. The van der Waals surface area contributed by atoms with Crippen molar-refractivity contribution in [3.05, 3.63) is 48.6 Å². The highest BCUT2D eigenvalue weighted by molar-refractivity contribution is 7.47. The van der Waals surface area contributed by atoms with Crippen LogP contribution in [0.25, 0.3) is 0 Å². The maximum Gasteiger partial charge on any atom is 0.472 e. The molecule has 0 fully saturated rings. The third-order valence-corrected chi connectivity index (χ3v) is 11.8. The van der Waals surface area contributed by atoms with Crippen LogP contribution in [0.2, 0.25) is 0 Å². The van der Waals surface area contributed by atoms with E-state index in [-0.39, 0.29) is 12.8 Å². The summed E-state index contributed by atoms with van der Waals surface area (Å²) in [4.78, 5) is 34.7. The Bertz CT molecular complexity index is 1170. The van der Waals surface area contributed by atoms with E-state index < -0.39 is 58.4 Å². The molecule has 0 aliphatic rings. The smallest absolute Gasteiger partial charge is 0.457 e. The van der Waals surface area contributed by atoms with Crippen LogP contribution in [0.4, 0.5) is 0 Å². The third-order valence-electron chi connectivity index (χ3n) is 10.8. The van der Waals surface area contributed by atoms with Crippen LogP contribution in [0, 0.1) is 0 Å². The molecule has 0 aromatic carbocycles. The molecule has 0 saturated carbocycles. The van der Waals surface area contributed by atoms with Gasteiger partial charge in [0.05, 0.1) is 26.4 Å². The zero-order valence-electron chi connectivity index (χ0n) is 39.6. The number of ether oxygens (including phenoxy) is 2. The normalized spacial score (nSPS) is 14.1. The average molecular weight is 897 g/mol. The number of hydrogen-bond donors (Lipinski definition) is 3. The third kappa shape index (κ3) is 44.5. The lowest BCUT2D eigenvalue weighted by molar-refractivity contribution is -0.153. The number of carbonyl (C=O) groups is 2. The van der Waals surface area contributed by atoms with E-state index in [0.29, 0.717) is 12.8 Å². The molecule has 0 heterocycles. The fourth-order valence-corrected chi connectivity index (χ4v) is 7.77. The van der Waals surface area contributed by atoms with Crippen LogP contribution < -0.4 is 0 Å². The summed E-state index contributed by atoms with van der Waals surface area (Å²) in [6.07, 6.45) is 52.2. The number of unbranched alkanes of at least 4 members (excludes halogenated alkanes) is 25. The van der Waals surface area contributed by atoms with Gasteiger partial charge in [0, 0.05) is 12.8 Å². The Labute approximate surface area is 379 Å². The number of phosphoric acid groups is 1. The Morgan fingerprint density at radius 1 is 0.452 bits per heavy atom. The van der Waals surface area contributed by atoms with Crippen molar-refractivity contribution in [3.8, 4) is 0 Å². The van der Waals surface area contributed by atoms with E-state index in [1.54, 1.807) is 0 Å². The standard InChI is InChI=1S/C51H93O10P/c1-3-5-7-9-11-13-15-17-19-21-22-23-24-25-26-27-29-31-33-35-37-39-41-43-51(55)61-49(45-53)47-59-62(56,57)58-46-48(44-52)60-50(54)42-40-38-36-34-32-30-28-20-18-16-14-12-10-8-6-4-2/h5,7,11,13,17,19,22-23,48-49,52-53H,3-4,6,8-10,12,14-16,18,20-21,24-47H2,1-2H3,(H,56,57)/b7-5-,13-11-,19-17-,23-22-. The molecule has 3 atom stereocenters. The van der Waals surface area contributed by atoms with Crippen LogP contribution >= 0.6 is 7.82 Å². The van der Waals surface area contributed by atoms with E-state index in [1.165, 1.54) is 116 Å². The Hall–Kier alpha value is -2.07. The van der Waals surface area contributed by atoms with Gasteiger partial charge >= 0.3 is 19.8 Å². The minimum atomic E-state index is -4.64. The summed E-state index contributed by atoms with van der Waals surface area (Å²) in [6.45, 7) is 2.13. The van der Waals surface area contributed by atoms with Crippen molar-refractivity contribution in [1.82, 2.24) is 0 Å². The van der Waals surface area contributed by atoms with Gasteiger partial charge in [-0.25, -0.2) is 4.57 Å². The topological polar surface area (TPSA) is 149 Å². The summed E-state index contributed by atoms with van der Waals surface area (Å²) < 4.78 is 32.7. The largest absolute Gasteiger partial charge is 0.472 e. The predicted octanol–water partition coefficient (Wildman–Crippen LogP) is 14.1. The van der Waals surface area contributed by atoms with Gasteiger partial charge in [-0.2, -0.15) is 0 Å². The number of allylic oxidation sites excluding steroid dienone is 8. The van der Waals surface area contributed by atoms with Gasteiger partial charge in [-0.05, 0) is 51.4 Å². The minimum Gasteiger partial charge on any atom is -0.457 e. The molecule has 62 heavy (non-hydrogen) atoms. The number of aliphatic hydroxyl groups excluding tert-OH is 2. The molecule has 0 amide bonds. The van der Waals surface area contributed by atoms with Crippen LogP contribution in [-0.2, 0) is 32.7 Å². The van der Waals surface area contributed by atoms with Crippen molar-refractivity contribution < 1.29 is 47.8 Å². The average Bonchev–Trinajstić information content (AvgIpc) is 3.26. The van der Waals surface area contributed by atoms with Gasteiger partial charge in [0.2, 0.25) is 0 Å². The van der Waals surface area contributed by atoms with E-state index in [9.17, 15) is 29.3 Å². The highest BCUT2D eigenvalue weighted by atomic mass is 31.2. The van der Waals surface area contributed by atoms with Gasteiger partial charge in [0.25, 0.3) is 0 Å². The van der Waals surface area contributed by atoms with Crippen molar-refractivity contribution in [2.45, 2.75) is 238 Å². The molecule has 362 valence electrons. The fourth-order valence-electron chi connectivity index (χ4n) is 6.99. The number of aliphatic hydroxyl groups is 2. The first kappa shape index (κ1) is 59.9. The molecule has 10 nitrogen and oxygen atoms in total. The first-order valence-electron chi connectivity index (χ1n) is 25.1. The minimum absolute atomic E-state index is 0.187. The summed E-state index contributed by atoms with van der Waals surface area (Å²) in [5, 5.41) is 19.2. The van der Waals surface area contributed by atoms with Crippen LogP contribution in [-0.4, -0.2) is 65.7 Å². The second-order valence-electron chi connectivity index (χ2n) is 16.8. The van der Waals surface area contributed by atoms with Crippen LogP contribution in [0.5, 0.6) is 0 Å². The van der Waals surface area contributed by atoms with Crippen molar-refractivity contribution >= 4 is 19.8 Å². The number of hydrogen-bond acceptors (Lipinski definition) is 9. The van der Waals surface area contributed by atoms with Gasteiger partial charge in [-0.3, -0.25) is 18.6 Å². The molecule has 0 aliphatic carbocycles. The monoisotopic (exact) mass is 897 g/mol. The lowest BCUT2D eigenvalue weighted by Gasteiger charge is -2.20. The van der Waals surface area contributed by atoms with E-state index in [2.05, 4.69) is 62.5 Å². The Morgan fingerprint density at radius 2 is 0.758 bits per heavy atom. The molecule has 0 bridgehead atoms. The number of esters is 2. The van der Waals surface area contributed by atoms with Crippen LogP contribution in [0.1, 0.15) is 226 Å². The molecular formula is C51H93O10P. The molecule has 0 aromatic heterocycles. The predicted molar refractivity (Wildman–Crippen MR) is 256 cm³/mol. The molecular weight excluding hydrogens is 804 g/mol. The summed E-state index contributed by atoms with van der Waals surface area (Å²) in [5.74, 6) is -1.02. The molecule has 3 unspecified atom stereocenters. The van der Waals surface area contributed by atoms with Crippen molar-refractivity contribution in [2.75, 3.05) is 26.4 Å². The summed E-state index contributed by atoms with van der Waals surface area (Å²) in [7, 11) is -4.64. The highest BCUT2D eigenvalue weighted by Gasteiger charge is 2.27. The van der Waals surface area contributed by atoms with Gasteiger partial charge in [0.15, 0.2) is 0 Å². The molecule has 11 heteroatoms. The second-order valence-corrected chi connectivity index (χ2v) is 18.2. The first-order chi connectivity index (χ1) is 30.3. The van der Waals surface area contributed by atoms with E-state index in [4.69, 9.17) is 18.5 Å². The molecule has 0 spiro atoms. The Kier molecular flexibility index (Phi) is 45.3. The molecule has 0 aliphatic heterocycles. The van der Waals surface area contributed by atoms with Crippen LogP contribution in [0.15, 0.2) is 48.6 Å². The van der Waals surface area contributed by atoms with Gasteiger partial charge in [0.1, 0.15) is 12.2 Å². The molecule has 3 N–H and O–H groups in total. The highest BCUT2D eigenvalue weighted by Crippen LogP contribution is 2.43. The first-order valence-corrected chi connectivity index (χ1v) is 26.6. The van der Waals surface area contributed by atoms with Gasteiger partial charge in [-0.1, -0.05) is 210 Å². The number of phosphoric ester groups is 1. The van der Waals surface area contributed by atoms with Gasteiger partial charge < -0.3 is 24.6 Å². The zero-order valence-corrected chi connectivity index (χ0v) is 40.5. The number of rotatable bonds is 47. The number of carbonyl (C=O) groups excluding carboxylic acids is 2. The van der Waals surface area contributed by atoms with E-state index in [1.807, 2.05) is 0 Å². The van der Waals surface area contributed by atoms with E-state index in [0.717, 1.165) is 70.6 Å². The molecule has 0 aromatic rings. The van der Waals surface area contributed by atoms with Crippen molar-refractivity contribution in [3.63, 3.8) is 0 Å². The molecule has 0 rings (SSSR count). The van der Waals surface area contributed by atoms with Crippen LogP contribution in [0.3, 0.4) is 0 Å². The lowest BCUT2D eigenvalue weighted by atomic mass is 10.0. The maximum atomic E-state index is 12.4. The Balaban J connectivity index is 3.84. The summed E-state index contributed by atoms with van der Waals surface area (Å²) in [5.41, 5.74) is 0. The Morgan fingerprint density at radius 3 is 1.10 bits per heavy atom. The molecule has 0 saturated heterocycles. The SMILES string of the molecule is CC/C=C\C/C=C\C/C=C\C/C=C\CCCCCCCCCCCCC(=O)OC(CO)COP(=O)(O)OCC(CO)OC(=O)CCCCCCCCCCCCCCCCCC. The van der Waals surface area contributed by atoms with Crippen molar-refractivity contribution in [2.24, 2.45) is 0 Å². The zero-order chi connectivity index (χ0) is 45.5. The lowest BCUT2D eigenvalue weighted by Crippen LogP contribution is -2.28. The molecule has 0 radical (unpaired) electrons. The summed E-state index contributed by atoms with van der Waals surface area (Å²) >= 11 is 0.